The summed E-state index contributed by atoms with van der Waals surface area (Å²) in [4.78, 5) is 23.5. The molecule has 0 aliphatic carbocycles. The Morgan fingerprint density at radius 1 is 1.36 bits per heavy atom. The first kappa shape index (κ1) is 14.3. The molecule has 0 fully saturated rings. The Kier molecular flexibility index (Phi) is 3.91. The summed E-state index contributed by atoms with van der Waals surface area (Å²) in [7, 11) is 0. The molecule has 3 aromatic rings. The van der Waals surface area contributed by atoms with Gasteiger partial charge in [-0.3, -0.25) is 4.79 Å². The maximum absolute atomic E-state index is 11.9. The molecule has 22 heavy (non-hydrogen) atoms. The number of aryl methyl sites for hydroxylation is 2. The van der Waals surface area contributed by atoms with Gasteiger partial charge in [0.25, 0.3) is 5.91 Å². The van der Waals surface area contributed by atoms with Gasteiger partial charge in [0.1, 0.15) is 5.82 Å². The first-order chi connectivity index (χ1) is 10.7. The molecule has 0 saturated carbocycles. The third kappa shape index (κ3) is 2.72. The number of hydrogen-bond acceptors (Lipinski definition) is 3. The Bertz CT molecular complexity index is 802. The molecule has 0 radical (unpaired) electrons. The van der Waals surface area contributed by atoms with Crippen molar-refractivity contribution in [2.75, 3.05) is 6.54 Å². The van der Waals surface area contributed by atoms with Crippen LogP contribution in [0.15, 0.2) is 30.5 Å². The number of amides is 1. The highest BCUT2D eigenvalue weighted by atomic mass is 16.2. The lowest BCUT2D eigenvalue weighted by atomic mass is 10.3. The van der Waals surface area contributed by atoms with E-state index in [1.54, 1.807) is 6.20 Å². The molecular formula is C16H19N5O. The van der Waals surface area contributed by atoms with Gasteiger partial charge in [-0.15, -0.1) is 0 Å². The van der Waals surface area contributed by atoms with Crippen molar-refractivity contribution in [3.8, 4) is 0 Å². The second-order valence-electron chi connectivity index (χ2n) is 5.18. The standard InChI is InChI=1S/C16H19N5O/c1-3-21-13-7-5-4-6-12(13)20-14(21)8-9-17-16(22)15-18-10-11(2)19-15/h4-7,10H,3,8-9H2,1-2H3,(H,17,22)(H,18,19). The molecule has 0 bridgehead atoms. The van der Waals surface area contributed by atoms with Gasteiger partial charge < -0.3 is 14.9 Å². The maximum Gasteiger partial charge on any atom is 0.287 e. The van der Waals surface area contributed by atoms with Gasteiger partial charge in [-0.2, -0.15) is 0 Å². The zero-order valence-corrected chi connectivity index (χ0v) is 12.8. The van der Waals surface area contributed by atoms with Crippen LogP contribution in [0.5, 0.6) is 0 Å². The van der Waals surface area contributed by atoms with Crippen LogP contribution in [0.4, 0.5) is 0 Å². The fourth-order valence-electron chi connectivity index (χ4n) is 2.57. The topological polar surface area (TPSA) is 75.6 Å². The molecule has 2 heterocycles. The zero-order chi connectivity index (χ0) is 15.5. The van der Waals surface area contributed by atoms with E-state index in [0.717, 1.165) is 29.1 Å². The van der Waals surface area contributed by atoms with E-state index in [2.05, 4.69) is 37.8 Å². The maximum atomic E-state index is 11.9. The van der Waals surface area contributed by atoms with Crippen LogP contribution in [-0.4, -0.2) is 32.0 Å². The monoisotopic (exact) mass is 297 g/mol. The van der Waals surface area contributed by atoms with Gasteiger partial charge in [0, 0.05) is 31.4 Å². The lowest BCUT2D eigenvalue weighted by Crippen LogP contribution is -2.27. The summed E-state index contributed by atoms with van der Waals surface area (Å²) >= 11 is 0. The number of benzene rings is 1. The summed E-state index contributed by atoms with van der Waals surface area (Å²) in [5.41, 5.74) is 3.00. The Hall–Kier alpha value is -2.63. The Morgan fingerprint density at radius 3 is 2.91 bits per heavy atom. The van der Waals surface area contributed by atoms with Crippen molar-refractivity contribution in [3.63, 3.8) is 0 Å². The minimum atomic E-state index is -0.188. The molecule has 2 aromatic heterocycles. The van der Waals surface area contributed by atoms with Crippen LogP contribution in [0.1, 0.15) is 29.1 Å². The van der Waals surface area contributed by atoms with Gasteiger partial charge in [0.2, 0.25) is 0 Å². The van der Waals surface area contributed by atoms with Crippen LogP contribution in [0.3, 0.4) is 0 Å². The third-order valence-electron chi connectivity index (χ3n) is 3.60. The number of imidazole rings is 2. The average molecular weight is 297 g/mol. The van der Waals surface area contributed by atoms with E-state index in [0.29, 0.717) is 18.8 Å². The first-order valence-electron chi connectivity index (χ1n) is 7.43. The van der Waals surface area contributed by atoms with Crippen LogP contribution in [0.2, 0.25) is 0 Å². The van der Waals surface area contributed by atoms with Crippen LogP contribution >= 0.6 is 0 Å². The number of aromatic nitrogens is 4. The summed E-state index contributed by atoms with van der Waals surface area (Å²) in [6, 6.07) is 8.08. The number of aromatic amines is 1. The molecule has 114 valence electrons. The molecule has 3 rings (SSSR count). The molecule has 0 atom stereocenters. The Labute approximate surface area is 128 Å². The van der Waals surface area contributed by atoms with Crippen molar-refractivity contribution in [2.45, 2.75) is 26.8 Å². The number of hydrogen-bond donors (Lipinski definition) is 2. The van der Waals surface area contributed by atoms with Gasteiger partial charge in [0.15, 0.2) is 5.82 Å². The number of fused-ring (bicyclic) bond motifs is 1. The van der Waals surface area contributed by atoms with Crippen molar-refractivity contribution in [1.29, 1.82) is 0 Å². The highest BCUT2D eigenvalue weighted by Gasteiger charge is 2.11. The SMILES string of the molecule is CCn1c(CCNC(=O)c2ncc(C)[nH]2)nc2ccccc21. The largest absolute Gasteiger partial charge is 0.349 e. The summed E-state index contributed by atoms with van der Waals surface area (Å²) in [5, 5.41) is 2.87. The Morgan fingerprint density at radius 2 is 2.18 bits per heavy atom. The van der Waals surface area contributed by atoms with E-state index in [1.165, 1.54) is 0 Å². The van der Waals surface area contributed by atoms with Crippen LogP contribution in [0.25, 0.3) is 11.0 Å². The summed E-state index contributed by atoms with van der Waals surface area (Å²) in [6.07, 6.45) is 2.33. The molecule has 1 amide bonds. The molecule has 0 unspecified atom stereocenters. The van der Waals surface area contributed by atoms with Gasteiger partial charge in [-0.25, -0.2) is 9.97 Å². The fourth-order valence-corrected chi connectivity index (χ4v) is 2.57. The Balaban J connectivity index is 1.68. The number of carbonyl (C=O) groups excluding carboxylic acids is 1. The summed E-state index contributed by atoms with van der Waals surface area (Å²) in [5.74, 6) is 1.15. The quantitative estimate of drug-likeness (QED) is 0.757. The minimum Gasteiger partial charge on any atom is -0.349 e. The van der Waals surface area contributed by atoms with E-state index in [-0.39, 0.29) is 5.91 Å². The molecule has 0 aliphatic rings. The normalized spacial score (nSPS) is 11.0. The molecule has 2 N–H and O–H groups in total. The predicted octanol–water partition coefficient (Wildman–Crippen LogP) is 2.06. The first-order valence-corrected chi connectivity index (χ1v) is 7.43. The van der Waals surface area contributed by atoms with Gasteiger partial charge in [-0.1, -0.05) is 12.1 Å². The van der Waals surface area contributed by atoms with Gasteiger partial charge in [-0.05, 0) is 26.0 Å². The zero-order valence-electron chi connectivity index (χ0n) is 12.8. The molecular weight excluding hydrogens is 278 g/mol. The molecule has 6 nitrogen and oxygen atoms in total. The van der Waals surface area contributed by atoms with E-state index >= 15 is 0 Å². The van der Waals surface area contributed by atoms with Crippen LogP contribution in [0, 0.1) is 6.92 Å². The second-order valence-corrected chi connectivity index (χ2v) is 5.18. The molecule has 6 heteroatoms. The van der Waals surface area contributed by atoms with Crippen molar-refractivity contribution in [2.24, 2.45) is 0 Å². The number of H-pyrrole nitrogens is 1. The highest BCUT2D eigenvalue weighted by Crippen LogP contribution is 2.16. The fraction of sp³-hybridized carbons (Fsp3) is 0.312. The number of para-hydroxylation sites is 2. The van der Waals surface area contributed by atoms with Crippen molar-refractivity contribution < 1.29 is 4.79 Å². The average Bonchev–Trinajstić information content (AvgIpc) is 3.10. The number of carbonyl (C=O) groups is 1. The lowest BCUT2D eigenvalue weighted by molar-refractivity contribution is 0.0944. The second kappa shape index (κ2) is 6.01. The molecule has 0 spiro atoms. The van der Waals surface area contributed by atoms with Crippen LogP contribution in [-0.2, 0) is 13.0 Å². The smallest absolute Gasteiger partial charge is 0.287 e. The molecule has 0 aliphatic heterocycles. The van der Waals surface area contributed by atoms with Gasteiger partial charge >= 0.3 is 0 Å². The number of rotatable bonds is 5. The third-order valence-corrected chi connectivity index (χ3v) is 3.60. The van der Waals surface area contributed by atoms with E-state index in [1.807, 2.05) is 25.1 Å². The van der Waals surface area contributed by atoms with Crippen molar-refractivity contribution in [3.05, 3.63) is 47.8 Å². The highest BCUT2D eigenvalue weighted by molar-refractivity contribution is 5.90. The summed E-state index contributed by atoms with van der Waals surface area (Å²) in [6.45, 7) is 5.36. The summed E-state index contributed by atoms with van der Waals surface area (Å²) < 4.78 is 2.18. The molecule has 0 saturated heterocycles. The van der Waals surface area contributed by atoms with Crippen molar-refractivity contribution in [1.82, 2.24) is 24.8 Å². The van der Waals surface area contributed by atoms with Crippen molar-refractivity contribution >= 4 is 16.9 Å². The molecule has 1 aromatic carbocycles. The number of nitrogens with zero attached hydrogens (tertiary/aromatic N) is 3. The van der Waals surface area contributed by atoms with E-state index < -0.39 is 0 Å². The minimum absolute atomic E-state index is 0.188. The van der Waals surface area contributed by atoms with Crippen LogP contribution < -0.4 is 5.32 Å². The lowest BCUT2D eigenvalue weighted by Gasteiger charge is -2.06. The predicted molar refractivity (Wildman–Crippen MR) is 84.8 cm³/mol. The van der Waals surface area contributed by atoms with Gasteiger partial charge in [0.05, 0.1) is 11.0 Å². The number of nitrogens with one attached hydrogen (secondary N) is 2. The van der Waals surface area contributed by atoms with E-state index in [9.17, 15) is 4.79 Å². The van der Waals surface area contributed by atoms with E-state index in [4.69, 9.17) is 0 Å².